The molecular formula is C18H24N2O2S. The average molecular weight is 332 g/mol. The van der Waals surface area contributed by atoms with Gasteiger partial charge in [0, 0.05) is 30.2 Å². The maximum atomic E-state index is 9.77. The van der Waals surface area contributed by atoms with Gasteiger partial charge in [0.1, 0.15) is 5.75 Å². The van der Waals surface area contributed by atoms with Crippen LogP contribution in [0.5, 0.6) is 5.75 Å². The number of hydrogen-bond acceptors (Lipinski definition) is 5. The van der Waals surface area contributed by atoms with Crippen LogP contribution in [0, 0.1) is 6.92 Å². The first-order valence-electron chi connectivity index (χ1n) is 8.21. The number of thiazole rings is 1. The molecule has 5 heteroatoms. The molecule has 1 aliphatic rings. The summed E-state index contributed by atoms with van der Waals surface area (Å²) in [6.45, 7) is 3.72. The molecular weight excluding hydrogens is 308 g/mol. The van der Waals surface area contributed by atoms with E-state index in [4.69, 9.17) is 0 Å². The Morgan fingerprint density at radius 3 is 2.65 bits per heavy atom. The van der Waals surface area contributed by atoms with Crippen molar-refractivity contribution in [1.29, 1.82) is 0 Å². The molecule has 3 rings (SSSR count). The Bertz CT molecular complexity index is 635. The molecule has 0 saturated heterocycles. The van der Waals surface area contributed by atoms with Gasteiger partial charge in [0.15, 0.2) is 0 Å². The molecule has 0 amide bonds. The number of phenolic OH excluding ortho intramolecular Hbond substituents is 1. The van der Waals surface area contributed by atoms with Gasteiger partial charge in [-0.25, -0.2) is 4.98 Å². The van der Waals surface area contributed by atoms with Crippen molar-refractivity contribution in [3.8, 4) is 5.75 Å². The van der Waals surface area contributed by atoms with E-state index in [1.165, 1.54) is 4.88 Å². The molecule has 1 saturated carbocycles. The molecule has 23 heavy (non-hydrogen) atoms. The number of benzene rings is 1. The van der Waals surface area contributed by atoms with E-state index in [1.54, 1.807) is 17.4 Å². The van der Waals surface area contributed by atoms with Crippen molar-refractivity contribution in [2.75, 3.05) is 0 Å². The van der Waals surface area contributed by atoms with Crippen molar-refractivity contribution in [2.24, 2.45) is 0 Å². The second-order valence-electron chi connectivity index (χ2n) is 6.38. The predicted octanol–water partition coefficient (Wildman–Crippen LogP) is 3.46. The molecule has 0 radical (unpaired) electrons. The molecule has 0 spiro atoms. The smallest absolute Gasteiger partial charge is 0.115 e. The fraction of sp³-hybridized carbons (Fsp3) is 0.500. The zero-order valence-corrected chi connectivity index (χ0v) is 14.3. The Labute approximate surface area is 141 Å². The van der Waals surface area contributed by atoms with E-state index in [1.807, 2.05) is 25.3 Å². The van der Waals surface area contributed by atoms with E-state index in [0.717, 1.165) is 49.3 Å². The van der Waals surface area contributed by atoms with Crippen LogP contribution in [-0.4, -0.2) is 32.2 Å². The summed E-state index contributed by atoms with van der Waals surface area (Å²) in [6, 6.07) is 7.97. The van der Waals surface area contributed by atoms with Crippen LogP contribution in [0.2, 0.25) is 0 Å². The minimum atomic E-state index is -0.139. The second-order valence-corrected chi connectivity index (χ2v) is 7.70. The van der Waals surface area contributed by atoms with Gasteiger partial charge in [-0.1, -0.05) is 12.1 Å². The van der Waals surface area contributed by atoms with Crippen LogP contribution < -0.4 is 0 Å². The van der Waals surface area contributed by atoms with Crippen molar-refractivity contribution >= 4 is 11.3 Å². The van der Waals surface area contributed by atoms with Crippen LogP contribution >= 0.6 is 11.3 Å². The predicted molar refractivity (Wildman–Crippen MR) is 92.5 cm³/mol. The highest BCUT2D eigenvalue weighted by molar-refractivity contribution is 7.11. The third kappa shape index (κ3) is 4.53. The quantitative estimate of drug-likeness (QED) is 0.880. The molecule has 0 bridgehead atoms. The lowest BCUT2D eigenvalue weighted by Crippen LogP contribution is -2.38. The zero-order valence-electron chi connectivity index (χ0n) is 13.5. The molecule has 1 aromatic heterocycles. The van der Waals surface area contributed by atoms with Crippen molar-refractivity contribution in [3.63, 3.8) is 0 Å². The first-order valence-corrected chi connectivity index (χ1v) is 9.03. The van der Waals surface area contributed by atoms with E-state index in [2.05, 4.69) is 16.0 Å². The van der Waals surface area contributed by atoms with Crippen molar-refractivity contribution in [1.82, 2.24) is 9.88 Å². The molecule has 0 atom stereocenters. The van der Waals surface area contributed by atoms with Crippen LogP contribution in [0.4, 0.5) is 0 Å². The van der Waals surface area contributed by atoms with E-state index >= 15 is 0 Å². The lowest BCUT2D eigenvalue weighted by molar-refractivity contribution is 0.0670. The SMILES string of the molecule is Cc1ncc(CN(Cc2cccc(O)c2)C2CCC(O)CC2)s1. The van der Waals surface area contributed by atoms with Gasteiger partial charge in [0.2, 0.25) is 0 Å². The van der Waals surface area contributed by atoms with Gasteiger partial charge in [-0.2, -0.15) is 0 Å². The summed E-state index contributed by atoms with van der Waals surface area (Å²) in [5.41, 5.74) is 1.12. The topological polar surface area (TPSA) is 56.6 Å². The molecule has 4 nitrogen and oxygen atoms in total. The molecule has 2 N–H and O–H groups in total. The number of hydrogen-bond donors (Lipinski definition) is 2. The summed E-state index contributed by atoms with van der Waals surface area (Å²) in [4.78, 5) is 8.10. The van der Waals surface area contributed by atoms with Crippen molar-refractivity contribution in [2.45, 2.75) is 57.8 Å². The Balaban J connectivity index is 1.74. The Morgan fingerprint density at radius 1 is 1.22 bits per heavy atom. The minimum absolute atomic E-state index is 0.139. The summed E-state index contributed by atoms with van der Waals surface area (Å²) in [7, 11) is 0. The molecule has 1 heterocycles. The highest BCUT2D eigenvalue weighted by atomic mass is 32.1. The largest absolute Gasteiger partial charge is 0.508 e. The number of aryl methyl sites for hydroxylation is 1. The first kappa shape index (κ1) is 16.4. The molecule has 1 aromatic carbocycles. The standard InChI is InChI=1S/C18H24N2O2S/c1-13-19-10-18(23-13)12-20(15-5-7-16(21)8-6-15)11-14-3-2-4-17(22)9-14/h2-4,9-10,15-16,21-22H,5-8,11-12H2,1H3. The fourth-order valence-corrected chi connectivity index (χ4v) is 4.13. The van der Waals surface area contributed by atoms with Gasteiger partial charge in [0.05, 0.1) is 11.1 Å². The number of aliphatic hydroxyl groups is 1. The van der Waals surface area contributed by atoms with Gasteiger partial charge >= 0.3 is 0 Å². The number of rotatable bonds is 5. The monoisotopic (exact) mass is 332 g/mol. The van der Waals surface area contributed by atoms with E-state index in [-0.39, 0.29) is 6.10 Å². The minimum Gasteiger partial charge on any atom is -0.508 e. The van der Waals surface area contributed by atoms with Crippen LogP contribution in [0.1, 0.15) is 41.1 Å². The van der Waals surface area contributed by atoms with Crippen LogP contribution in [0.25, 0.3) is 0 Å². The van der Waals surface area contributed by atoms with Crippen molar-refractivity contribution in [3.05, 3.63) is 45.9 Å². The highest BCUT2D eigenvalue weighted by Gasteiger charge is 2.25. The number of phenols is 1. The van der Waals surface area contributed by atoms with Gasteiger partial charge in [0.25, 0.3) is 0 Å². The maximum Gasteiger partial charge on any atom is 0.115 e. The molecule has 1 fully saturated rings. The van der Waals surface area contributed by atoms with E-state index in [0.29, 0.717) is 11.8 Å². The number of nitrogens with zero attached hydrogens (tertiary/aromatic N) is 2. The third-order valence-corrected chi connectivity index (χ3v) is 5.40. The summed E-state index contributed by atoms with van der Waals surface area (Å²) in [5.74, 6) is 0.315. The molecule has 124 valence electrons. The van der Waals surface area contributed by atoms with Gasteiger partial charge in [-0.3, -0.25) is 4.90 Å². The number of aliphatic hydroxyl groups excluding tert-OH is 1. The van der Waals surface area contributed by atoms with Crippen LogP contribution in [-0.2, 0) is 13.1 Å². The summed E-state index contributed by atoms with van der Waals surface area (Å²) >= 11 is 1.74. The van der Waals surface area contributed by atoms with Crippen LogP contribution in [0.15, 0.2) is 30.5 Å². The Morgan fingerprint density at radius 2 is 2.00 bits per heavy atom. The lowest BCUT2D eigenvalue weighted by atomic mass is 9.91. The van der Waals surface area contributed by atoms with Gasteiger partial charge in [-0.05, 0) is 50.3 Å². The number of aromatic nitrogens is 1. The van der Waals surface area contributed by atoms with E-state index in [9.17, 15) is 10.2 Å². The highest BCUT2D eigenvalue weighted by Crippen LogP contribution is 2.27. The zero-order chi connectivity index (χ0) is 16.2. The fourth-order valence-electron chi connectivity index (χ4n) is 3.31. The summed E-state index contributed by atoms with van der Waals surface area (Å²) in [6.07, 6.45) is 5.63. The van der Waals surface area contributed by atoms with Crippen molar-refractivity contribution < 1.29 is 10.2 Å². The average Bonchev–Trinajstić information content (AvgIpc) is 2.93. The normalized spacial score (nSPS) is 21.7. The first-order chi connectivity index (χ1) is 11.1. The molecule has 0 aliphatic heterocycles. The van der Waals surface area contributed by atoms with Gasteiger partial charge in [-0.15, -0.1) is 11.3 Å². The molecule has 2 aromatic rings. The summed E-state index contributed by atoms with van der Waals surface area (Å²) in [5, 5.41) is 20.6. The van der Waals surface area contributed by atoms with E-state index < -0.39 is 0 Å². The maximum absolute atomic E-state index is 9.77. The Kier molecular flexibility index (Phi) is 5.30. The molecule has 0 unspecified atom stereocenters. The lowest BCUT2D eigenvalue weighted by Gasteiger charge is -2.35. The Hall–Kier alpha value is -1.43. The third-order valence-electron chi connectivity index (χ3n) is 4.51. The summed E-state index contributed by atoms with van der Waals surface area (Å²) < 4.78 is 0. The van der Waals surface area contributed by atoms with Gasteiger partial charge < -0.3 is 10.2 Å². The van der Waals surface area contributed by atoms with Crippen LogP contribution in [0.3, 0.4) is 0 Å². The number of aromatic hydroxyl groups is 1. The second kappa shape index (κ2) is 7.43. The molecule has 1 aliphatic carbocycles.